The van der Waals surface area contributed by atoms with Gasteiger partial charge >= 0.3 is 0 Å². The van der Waals surface area contributed by atoms with Crippen LogP contribution in [0.1, 0.15) is 37.0 Å². The molecule has 118 valence electrons. The fourth-order valence-electron chi connectivity index (χ4n) is 4.20. The molecule has 4 unspecified atom stereocenters. The van der Waals surface area contributed by atoms with Gasteiger partial charge in [0.1, 0.15) is 17.1 Å². The molecule has 2 aliphatic rings. The van der Waals surface area contributed by atoms with Crippen LogP contribution in [0, 0.1) is 5.92 Å². The SMILES string of the molecule is COc1ccc2oc3c(c2c1)CCNC1CC(C(C)O)CC31. The van der Waals surface area contributed by atoms with Crippen molar-refractivity contribution >= 4 is 11.0 Å². The number of methoxy groups -OCH3 is 1. The van der Waals surface area contributed by atoms with E-state index in [0.717, 1.165) is 42.9 Å². The van der Waals surface area contributed by atoms with E-state index in [1.165, 1.54) is 10.9 Å². The minimum Gasteiger partial charge on any atom is -0.497 e. The zero-order chi connectivity index (χ0) is 15.3. The number of hydrogen-bond donors (Lipinski definition) is 2. The van der Waals surface area contributed by atoms with E-state index >= 15 is 0 Å². The molecule has 0 spiro atoms. The molecule has 4 nitrogen and oxygen atoms in total. The van der Waals surface area contributed by atoms with Crippen LogP contribution < -0.4 is 10.1 Å². The highest BCUT2D eigenvalue weighted by Crippen LogP contribution is 2.45. The molecule has 2 N–H and O–H groups in total. The van der Waals surface area contributed by atoms with Crippen molar-refractivity contribution in [3.63, 3.8) is 0 Å². The lowest BCUT2D eigenvalue weighted by Gasteiger charge is -2.16. The molecule has 2 aromatic rings. The second kappa shape index (κ2) is 5.28. The predicted molar refractivity (Wildman–Crippen MR) is 85.4 cm³/mol. The summed E-state index contributed by atoms with van der Waals surface area (Å²) < 4.78 is 11.6. The minimum absolute atomic E-state index is 0.248. The summed E-state index contributed by atoms with van der Waals surface area (Å²) in [6.45, 7) is 2.87. The van der Waals surface area contributed by atoms with Gasteiger partial charge in [-0.1, -0.05) is 0 Å². The van der Waals surface area contributed by atoms with Crippen molar-refractivity contribution in [2.24, 2.45) is 5.92 Å². The van der Waals surface area contributed by atoms with Gasteiger partial charge in [-0.3, -0.25) is 0 Å². The Balaban J connectivity index is 1.79. The van der Waals surface area contributed by atoms with Crippen LogP contribution in [0.15, 0.2) is 22.6 Å². The van der Waals surface area contributed by atoms with Gasteiger partial charge in [0, 0.05) is 22.9 Å². The van der Waals surface area contributed by atoms with E-state index in [0.29, 0.717) is 17.9 Å². The smallest absolute Gasteiger partial charge is 0.134 e. The van der Waals surface area contributed by atoms with Gasteiger partial charge in [-0.05, 0) is 56.8 Å². The molecular weight excluding hydrogens is 278 g/mol. The van der Waals surface area contributed by atoms with Gasteiger partial charge in [0.2, 0.25) is 0 Å². The maximum absolute atomic E-state index is 9.95. The summed E-state index contributed by atoms with van der Waals surface area (Å²) in [7, 11) is 1.70. The summed E-state index contributed by atoms with van der Waals surface area (Å²) in [4.78, 5) is 0. The van der Waals surface area contributed by atoms with Crippen LogP contribution in [0.4, 0.5) is 0 Å². The Morgan fingerprint density at radius 1 is 1.36 bits per heavy atom. The summed E-state index contributed by atoms with van der Waals surface area (Å²) in [5, 5.41) is 14.8. The van der Waals surface area contributed by atoms with Crippen molar-refractivity contribution in [3.8, 4) is 5.75 Å². The molecule has 2 heterocycles. The third kappa shape index (κ3) is 2.13. The molecule has 1 aliphatic carbocycles. The minimum atomic E-state index is -0.248. The highest BCUT2D eigenvalue weighted by molar-refractivity contribution is 5.84. The Kier molecular flexibility index (Phi) is 3.39. The van der Waals surface area contributed by atoms with Crippen LogP contribution in [-0.4, -0.2) is 30.9 Å². The van der Waals surface area contributed by atoms with Crippen LogP contribution in [0.2, 0.25) is 0 Å². The number of ether oxygens (including phenoxy) is 1. The number of rotatable bonds is 2. The van der Waals surface area contributed by atoms with Crippen LogP contribution >= 0.6 is 0 Å². The van der Waals surface area contributed by atoms with E-state index in [1.807, 2.05) is 19.1 Å². The summed E-state index contributed by atoms with van der Waals surface area (Å²) in [6, 6.07) is 6.46. The van der Waals surface area contributed by atoms with E-state index in [4.69, 9.17) is 9.15 Å². The zero-order valence-electron chi connectivity index (χ0n) is 13.1. The highest BCUT2D eigenvalue weighted by atomic mass is 16.5. The quantitative estimate of drug-likeness (QED) is 0.895. The normalized spacial score (nSPS) is 29.0. The molecule has 0 amide bonds. The van der Waals surface area contributed by atoms with E-state index in [-0.39, 0.29) is 6.10 Å². The van der Waals surface area contributed by atoms with Gasteiger partial charge in [-0.15, -0.1) is 0 Å². The predicted octanol–water partition coefficient (Wildman–Crippen LogP) is 2.83. The summed E-state index contributed by atoms with van der Waals surface area (Å²) in [6.07, 6.45) is 2.77. The van der Waals surface area contributed by atoms with Crippen LogP contribution in [0.3, 0.4) is 0 Å². The van der Waals surface area contributed by atoms with E-state index in [9.17, 15) is 5.11 Å². The van der Waals surface area contributed by atoms with Gasteiger partial charge in [0.25, 0.3) is 0 Å². The lowest BCUT2D eigenvalue weighted by molar-refractivity contribution is 0.126. The Hall–Kier alpha value is -1.52. The third-order valence-corrected chi connectivity index (χ3v) is 5.43. The molecular formula is C18H23NO3. The Morgan fingerprint density at radius 3 is 3.00 bits per heavy atom. The number of furan rings is 1. The van der Waals surface area contributed by atoms with Crippen LogP contribution in [0.5, 0.6) is 5.75 Å². The van der Waals surface area contributed by atoms with Crippen molar-refractivity contribution in [3.05, 3.63) is 29.5 Å². The number of aliphatic hydroxyl groups is 1. The number of nitrogens with one attached hydrogen (secondary N) is 1. The fourth-order valence-corrected chi connectivity index (χ4v) is 4.20. The molecule has 1 fully saturated rings. The highest BCUT2D eigenvalue weighted by Gasteiger charge is 2.41. The van der Waals surface area contributed by atoms with Crippen molar-refractivity contribution in [2.75, 3.05) is 13.7 Å². The second-order valence-corrected chi connectivity index (χ2v) is 6.70. The lowest BCUT2D eigenvalue weighted by Crippen LogP contribution is -2.31. The first-order chi connectivity index (χ1) is 10.7. The monoisotopic (exact) mass is 301 g/mol. The largest absolute Gasteiger partial charge is 0.497 e. The average Bonchev–Trinajstić information content (AvgIpc) is 3.05. The van der Waals surface area contributed by atoms with E-state index in [1.54, 1.807) is 7.11 Å². The fraction of sp³-hybridized carbons (Fsp3) is 0.556. The second-order valence-electron chi connectivity index (χ2n) is 6.70. The molecule has 1 aromatic heterocycles. The first-order valence-corrected chi connectivity index (χ1v) is 8.18. The lowest BCUT2D eigenvalue weighted by atomic mass is 9.95. The van der Waals surface area contributed by atoms with Crippen molar-refractivity contribution < 1.29 is 14.3 Å². The Bertz CT molecular complexity index is 691. The molecule has 0 bridgehead atoms. The van der Waals surface area contributed by atoms with E-state index < -0.39 is 0 Å². The number of hydrogen-bond acceptors (Lipinski definition) is 4. The Labute approximate surface area is 130 Å². The van der Waals surface area contributed by atoms with Gasteiger partial charge in [0.15, 0.2) is 0 Å². The van der Waals surface area contributed by atoms with Crippen molar-refractivity contribution in [1.29, 1.82) is 0 Å². The zero-order valence-corrected chi connectivity index (χ0v) is 13.1. The molecule has 0 radical (unpaired) electrons. The molecule has 0 saturated heterocycles. The van der Waals surface area contributed by atoms with E-state index in [2.05, 4.69) is 11.4 Å². The molecule has 4 rings (SSSR count). The summed E-state index contributed by atoms with van der Waals surface area (Å²) >= 11 is 0. The van der Waals surface area contributed by atoms with Gasteiger partial charge in [-0.25, -0.2) is 0 Å². The number of benzene rings is 1. The molecule has 22 heavy (non-hydrogen) atoms. The Morgan fingerprint density at radius 2 is 2.23 bits per heavy atom. The first-order valence-electron chi connectivity index (χ1n) is 8.18. The maximum Gasteiger partial charge on any atom is 0.134 e. The topological polar surface area (TPSA) is 54.6 Å². The number of aliphatic hydroxyl groups excluding tert-OH is 1. The van der Waals surface area contributed by atoms with Gasteiger partial charge < -0.3 is 19.6 Å². The summed E-state index contributed by atoms with van der Waals surface area (Å²) in [5.41, 5.74) is 2.27. The third-order valence-electron chi connectivity index (χ3n) is 5.43. The molecule has 1 saturated carbocycles. The molecule has 1 aliphatic heterocycles. The van der Waals surface area contributed by atoms with Gasteiger partial charge in [0.05, 0.1) is 13.2 Å². The van der Waals surface area contributed by atoms with Crippen molar-refractivity contribution in [1.82, 2.24) is 5.32 Å². The molecule has 4 atom stereocenters. The van der Waals surface area contributed by atoms with Crippen molar-refractivity contribution in [2.45, 2.75) is 44.2 Å². The molecule has 4 heteroatoms. The van der Waals surface area contributed by atoms with Gasteiger partial charge in [-0.2, -0.15) is 0 Å². The number of fused-ring (bicyclic) bond motifs is 5. The molecule has 1 aromatic carbocycles. The maximum atomic E-state index is 9.95. The van der Waals surface area contributed by atoms with Crippen LogP contribution in [0.25, 0.3) is 11.0 Å². The first kappa shape index (κ1) is 14.1. The summed E-state index contributed by atoms with van der Waals surface area (Å²) in [5.74, 6) is 2.73. The standard InChI is InChI=1S/C18H23NO3/c1-10(20)11-7-15-16(8-11)19-6-5-13-14-9-12(21-2)3-4-17(14)22-18(13)15/h3-4,9-11,15-16,19-20H,5-8H2,1-2H3. The van der Waals surface area contributed by atoms with Crippen LogP contribution in [-0.2, 0) is 6.42 Å². The average molecular weight is 301 g/mol.